The van der Waals surface area contributed by atoms with E-state index in [9.17, 15) is 0 Å². The average molecular weight is 477 g/mol. The van der Waals surface area contributed by atoms with Crippen LogP contribution in [0, 0.1) is 13.8 Å². The molecule has 0 saturated heterocycles. The molecule has 2 unspecified atom stereocenters. The predicted octanol–water partition coefficient (Wildman–Crippen LogP) is 8.70. The number of hydrogen-bond acceptors (Lipinski definition) is 2. The normalized spacial score (nSPS) is 13.8. The summed E-state index contributed by atoms with van der Waals surface area (Å²) in [5, 5.41) is 0. The lowest BCUT2D eigenvalue weighted by Gasteiger charge is -2.21. The summed E-state index contributed by atoms with van der Waals surface area (Å²) in [6, 6.07) is 31.0. The fraction of sp³-hybridized carbons (Fsp3) is 0.294. The number of hydrogen-bond donors (Lipinski definition) is 2. The van der Waals surface area contributed by atoms with E-state index in [0.29, 0.717) is 17.8 Å². The summed E-state index contributed by atoms with van der Waals surface area (Å²) in [5.74, 6) is 1.11. The lowest BCUT2D eigenvalue weighted by Crippen LogP contribution is -2.05. The van der Waals surface area contributed by atoms with Gasteiger partial charge < -0.3 is 11.5 Å². The third-order valence-corrected chi connectivity index (χ3v) is 7.83. The quantitative estimate of drug-likeness (QED) is 0.250. The fourth-order valence-corrected chi connectivity index (χ4v) is 5.68. The lowest BCUT2D eigenvalue weighted by molar-refractivity contribution is 0.768. The molecule has 0 fully saturated rings. The second-order valence-electron chi connectivity index (χ2n) is 10.2. The highest BCUT2D eigenvalue weighted by molar-refractivity contribution is 5.49. The molecule has 0 saturated carbocycles. The second-order valence-corrected chi connectivity index (χ2v) is 10.2. The van der Waals surface area contributed by atoms with Gasteiger partial charge in [0.15, 0.2) is 0 Å². The summed E-state index contributed by atoms with van der Waals surface area (Å²) in [6.45, 7) is 11.1. The van der Waals surface area contributed by atoms with E-state index >= 15 is 0 Å². The summed E-state index contributed by atoms with van der Waals surface area (Å²) in [6.07, 6.45) is 2.13. The highest BCUT2D eigenvalue weighted by atomic mass is 14.5. The van der Waals surface area contributed by atoms with Gasteiger partial charge in [0.25, 0.3) is 0 Å². The largest absolute Gasteiger partial charge is 0.399 e. The van der Waals surface area contributed by atoms with E-state index in [4.69, 9.17) is 11.5 Å². The molecule has 2 nitrogen and oxygen atoms in total. The summed E-state index contributed by atoms with van der Waals surface area (Å²) >= 11 is 0. The van der Waals surface area contributed by atoms with Crippen LogP contribution >= 0.6 is 0 Å². The number of benzene rings is 4. The van der Waals surface area contributed by atoms with Gasteiger partial charge in [0.2, 0.25) is 0 Å². The maximum Gasteiger partial charge on any atom is 0.0316 e. The molecule has 36 heavy (non-hydrogen) atoms. The van der Waals surface area contributed by atoms with Crippen molar-refractivity contribution in [2.24, 2.45) is 0 Å². The number of aryl methyl sites for hydroxylation is 2. The van der Waals surface area contributed by atoms with Crippen LogP contribution in [-0.2, 0) is 0 Å². The zero-order valence-corrected chi connectivity index (χ0v) is 22.4. The molecule has 0 aliphatic carbocycles. The van der Waals surface area contributed by atoms with Gasteiger partial charge in [-0.1, -0.05) is 81.4 Å². The number of anilines is 2. The van der Waals surface area contributed by atoms with Crippen LogP contribution in [-0.4, -0.2) is 0 Å². The predicted molar refractivity (Wildman–Crippen MR) is 156 cm³/mol. The molecule has 0 amide bonds. The Balaban J connectivity index is 1.53. The van der Waals surface area contributed by atoms with Gasteiger partial charge in [0, 0.05) is 29.1 Å². The third-order valence-electron chi connectivity index (χ3n) is 7.83. The van der Waals surface area contributed by atoms with Gasteiger partial charge in [-0.25, -0.2) is 0 Å². The Kier molecular flexibility index (Phi) is 7.84. The zero-order chi connectivity index (χ0) is 25.8. The van der Waals surface area contributed by atoms with Gasteiger partial charge in [0.1, 0.15) is 0 Å². The van der Waals surface area contributed by atoms with Gasteiger partial charge in [-0.05, 0) is 95.5 Å². The van der Waals surface area contributed by atoms with Crippen molar-refractivity contribution in [3.05, 3.63) is 129 Å². The Morgan fingerprint density at radius 2 is 0.861 bits per heavy atom. The summed E-state index contributed by atoms with van der Waals surface area (Å²) in [4.78, 5) is 0. The van der Waals surface area contributed by atoms with Crippen LogP contribution in [0.4, 0.5) is 11.4 Å². The van der Waals surface area contributed by atoms with Crippen molar-refractivity contribution in [2.45, 2.75) is 65.2 Å². The fourth-order valence-electron chi connectivity index (χ4n) is 5.68. The zero-order valence-electron chi connectivity index (χ0n) is 22.4. The molecule has 0 radical (unpaired) electrons. The maximum atomic E-state index is 5.99. The molecule has 0 aliphatic rings. The van der Waals surface area contributed by atoms with E-state index in [1.165, 1.54) is 44.5 Å². The van der Waals surface area contributed by atoms with Crippen molar-refractivity contribution in [3.63, 3.8) is 0 Å². The van der Waals surface area contributed by atoms with Crippen LogP contribution in [0.1, 0.15) is 95.9 Å². The van der Waals surface area contributed by atoms with E-state index in [1.807, 2.05) is 12.1 Å². The maximum absolute atomic E-state index is 5.99. The molecule has 2 atom stereocenters. The molecular formula is C34H40N2. The molecule has 2 heteroatoms. The Bertz CT molecular complexity index is 1200. The van der Waals surface area contributed by atoms with Crippen molar-refractivity contribution < 1.29 is 0 Å². The van der Waals surface area contributed by atoms with E-state index in [2.05, 4.69) is 107 Å². The minimum Gasteiger partial charge on any atom is -0.399 e. The lowest BCUT2D eigenvalue weighted by atomic mass is 9.83. The van der Waals surface area contributed by atoms with E-state index < -0.39 is 0 Å². The van der Waals surface area contributed by atoms with Crippen LogP contribution in [0.5, 0.6) is 0 Å². The van der Waals surface area contributed by atoms with Crippen LogP contribution in [0.2, 0.25) is 0 Å². The molecule has 0 heterocycles. The van der Waals surface area contributed by atoms with Crippen LogP contribution < -0.4 is 11.5 Å². The average Bonchev–Trinajstić information content (AvgIpc) is 2.88. The van der Waals surface area contributed by atoms with Crippen molar-refractivity contribution in [3.8, 4) is 0 Å². The first-order chi connectivity index (χ1) is 17.3. The molecule has 4 N–H and O–H groups in total. The molecule has 0 aromatic heterocycles. The van der Waals surface area contributed by atoms with Crippen LogP contribution in [0.15, 0.2) is 84.9 Å². The number of nitrogen functional groups attached to an aromatic ring is 2. The minimum atomic E-state index is 0.338. The summed E-state index contributed by atoms with van der Waals surface area (Å²) < 4.78 is 0. The van der Waals surface area contributed by atoms with Crippen molar-refractivity contribution >= 4 is 11.4 Å². The van der Waals surface area contributed by atoms with Gasteiger partial charge in [-0.15, -0.1) is 0 Å². The Morgan fingerprint density at radius 3 is 1.17 bits per heavy atom. The SMILES string of the molecule is CCC(c1ccc(C(C)c2ccc(C(CC)c3ccc(N)cc3C)cc2)cc1)c1ccc(N)cc1C. The van der Waals surface area contributed by atoms with Gasteiger partial charge in [0.05, 0.1) is 0 Å². The number of rotatable bonds is 8. The Hall–Kier alpha value is -3.52. The molecule has 0 aliphatic heterocycles. The second kappa shape index (κ2) is 11.0. The Labute approximate surface area is 217 Å². The summed E-state index contributed by atoms with van der Waals surface area (Å²) in [5.41, 5.74) is 24.3. The highest BCUT2D eigenvalue weighted by Crippen LogP contribution is 2.35. The summed E-state index contributed by atoms with van der Waals surface area (Å²) in [7, 11) is 0. The van der Waals surface area contributed by atoms with Crippen LogP contribution in [0.3, 0.4) is 0 Å². The molecule has 4 aromatic rings. The highest BCUT2D eigenvalue weighted by Gasteiger charge is 2.18. The third kappa shape index (κ3) is 5.33. The Morgan fingerprint density at radius 1 is 0.528 bits per heavy atom. The van der Waals surface area contributed by atoms with E-state index in [1.54, 1.807) is 0 Å². The molecule has 4 aromatic carbocycles. The standard InChI is InChI=1S/C34H40N2/c1-6-31(33-18-16-29(35)20-22(33)3)27-12-8-25(9-13-27)24(5)26-10-14-28(15-11-26)32(7-2)34-19-17-30(36)21-23(34)4/h8-21,24,31-32H,6-7,35-36H2,1-5H3. The molecular weight excluding hydrogens is 436 g/mol. The van der Waals surface area contributed by atoms with E-state index in [-0.39, 0.29) is 0 Å². The van der Waals surface area contributed by atoms with Crippen molar-refractivity contribution in [1.29, 1.82) is 0 Å². The first kappa shape index (κ1) is 25.6. The van der Waals surface area contributed by atoms with E-state index in [0.717, 1.165) is 24.2 Å². The molecule has 0 bridgehead atoms. The first-order valence-electron chi connectivity index (χ1n) is 13.2. The van der Waals surface area contributed by atoms with Crippen molar-refractivity contribution in [2.75, 3.05) is 11.5 Å². The number of nitrogens with two attached hydrogens (primary N) is 2. The minimum absolute atomic E-state index is 0.338. The van der Waals surface area contributed by atoms with Gasteiger partial charge in [-0.2, -0.15) is 0 Å². The molecule has 0 spiro atoms. The van der Waals surface area contributed by atoms with Gasteiger partial charge in [-0.3, -0.25) is 0 Å². The molecule has 4 rings (SSSR count). The van der Waals surface area contributed by atoms with Gasteiger partial charge >= 0.3 is 0 Å². The topological polar surface area (TPSA) is 52.0 Å². The smallest absolute Gasteiger partial charge is 0.0316 e. The molecule has 186 valence electrons. The monoisotopic (exact) mass is 476 g/mol. The van der Waals surface area contributed by atoms with Crippen LogP contribution in [0.25, 0.3) is 0 Å². The van der Waals surface area contributed by atoms with Crippen molar-refractivity contribution in [1.82, 2.24) is 0 Å². The first-order valence-corrected chi connectivity index (χ1v) is 13.2.